The molecule has 0 spiro atoms. The third-order valence-corrected chi connectivity index (χ3v) is 4.18. The maximum absolute atomic E-state index is 12.1. The van der Waals surface area contributed by atoms with Crippen molar-refractivity contribution >= 4 is 11.6 Å². The molecule has 1 aromatic rings. The predicted octanol–water partition coefficient (Wildman–Crippen LogP) is 0.646. The van der Waals surface area contributed by atoms with E-state index < -0.39 is 0 Å². The van der Waals surface area contributed by atoms with Gasteiger partial charge in [0, 0.05) is 7.05 Å². The highest BCUT2D eigenvalue weighted by Crippen LogP contribution is 2.19. The number of piperidine rings is 1. The number of nitrogens with zero attached hydrogens (tertiary/aromatic N) is 3. The number of likely N-dealkylation sites (tertiary alicyclic amines) is 1. The molecule has 0 aliphatic carbocycles. The summed E-state index contributed by atoms with van der Waals surface area (Å²) in [5, 5.41) is 7.29. The van der Waals surface area contributed by atoms with Crippen molar-refractivity contribution in [2.45, 2.75) is 26.7 Å². The second-order valence-corrected chi connectivity index (χ2v) is 5.67. The van der Waals surface area contributed by atoms with E-state index in [0.717, 1.165) is 49.6 Å². The summed E-state index contributed by atoms with van der Waals surface area (Å²) in [6.07, 6.45) is 2.18. The van der Waals surface area contributed by atoms with E-state index in [1.54, 1.807) is 4.68 Å². The smallest absolute Gasteiger partial charge is 0.238 e. The largest absolute Gasteiger partial charge is 0.330 e. The minimum absolute atomic E-state index is 0.0374. The van der Waals surface area contributed by atoms with Gasteiger partial charge in [-0.2, -0.15) is 5.10 Å². The van der Waals surface area contributed by atoms with Gasteiger partial charge in [-0.15, -0.1) is 0 Å². The van der Waals surface area contributed by atoms with Gasteiger partial charge in [-0.05, 0) is 52.2 Å². The minimum Gasteiger partial charge on any atom is -0.330 e. The van der Waals surface area contributed by atoms with Gasteiger partial charge in [-0.1, -0.05) is 0 Å². The highest BCUT2D eigenvalue weighted by atomic mass is 16.2. The molecule has 0 unspecified atom stereocenters. The van der Waals surface area contributed by atoms with Gasteiger partial charge in [0.05, 0.1) is 23.6 Å². The van der Waals surface area contributed by atoms with Gasteiger partial charge in [-0.3, -0.25) is 14.4 Å². The van der Waals surface area contributed by atoms with Crippen LogP contribution in [0.3, 0.4) is 0 Å². The first-order chi connectivity index (χ1) is 9.51. The summed E-state index contributed by atoms with van der Waals surface area (Å²) in [6, 6.07) is 0. The number of aryl methyl sites for hydroxylation is 2. The first-order valence-electron chi connectivity index (χ1n) is 7.23. The molecule has 1 aliphatic heterocycles. The van der Waals surface area contributed by atoms with Crippen LogP contribution in [-0.2, 0) is 11.8 Å². The third kappa shape index (κ3) is 3.37. The lowest BCUT2D eigenvalue weighted by molar-refractivity contribution is -0.117. The Morgan fingerprint density at radius 2 is 2.05 bits per heavy atom. The molecule has 6 nitrogen and oxygen atoms in total. The molecular weight excluding hydrogens is 254 g/mol. The number of nitrogens with two attached hydrogens (primary N) is 1. The highest BCUT2D eigenvalue weighted by Gasteiger charge is 2.20. The van der Waals surface area contributed by atoms with Gasteiger partial charge >= 0.3 is 0 Å². The van der Waals surface area contributed by atoms with E-state index in [2.05, 4.69) is 15.3 Å². The van der Waals surface area contributed by atoms with Crippen LogP contribution in [-0.4, -0.2) is 46.8 Å². The van der Waals surface area contributed by atoms with E-state index in [4.69, 9.17) is 5.73 Å². The topological polar surface area (TPSA) is 76.2 Å². The number of carbonyl (C=O) groups is 1. The van der Waals surface area contributed by atoms with E-state index >= 15 is 0 Å². The summed E-state index contributed by atoms with van der Waals surface area (Å²) in [7, 11) is 1.88. The Balaban J connectivity index is 1.87. The second-order valence-electron chi connectivity index (χ2n) is 5.67. The Morgan fingerprint density at radius 3 is 2.55 bits per heavy atom. The Kier molecular flexibility index (Phi) is 4.77. The summed E-state index contributed by atoms with van der Waals surface area (Å²) < 4.78 is 1.79. The SMILES string of the molecule is Cc1nn(C)c(C)c1NC(=O)CN1CCC(CN)CC1. The quantitative estimate of drug-likeness (QED) is 0.848. The molecule has 1 fully saturated rings. The van der Waals surface area contributed by atoms with Crippen molar-refractivity contribution in [1.29, 1.82) is 0 Å². The number of amides is 1. The monoisotopic (exact) mass is 279 g/mol. The van der Waals surface area contributed by atoms with E-state index in [1.807, 2.05) is 20.9 Å². The predicted molar refractivity (Wildman–Crippen MR) is 79.5 cm³/mol. The van der Waals surface area contributed by atoms with Gasteiger partial charge in [-0.25, -0.2) is 0 Å². The number of hydrogen-bond donors (Lipinski definition) is 2. The Labute approximate surface area is 120 Å². The van der Waals surface area contributed by atoms with E-state index in [1.165, 1.54) is 0 Å². The fraction of sp³-hybridized carbons (Fsp3) is 0.714. The summed E-state index contributed by atoms with van der Waals surface area (Å²) in [5.41, 5.74) is 8.37. The zero-order valence-electron chi connectivity index (χ0n) is 12.6. The molecule has 0 aromatic carbocycles. The first-order valence-corrected chi connectivity index (χ1v) is 7.23. The molecule has 2 rings (SSSR count). The van der Waals surface area contributed by atoms with E-state index in [9.17, 15) is 4.79 Å². The molecular formula is C14H25N5O. The highest BCUT2D eigenvalue weighted by molar-refractivity contribution is 5.93. The molecule has 1 amide bonds. The lowest BCUT2D eigenvalue weighted by Gasteiger charge is -2.30. The van der Waals surface area contributed by atoms with Crippen molar-refractivity contribution in [2.75, 3.05) is 31.5 Å². The average molecular weight is 279 g/mol. The molecule has 112 valence electrons. The van der Waals surface area contributed by atoms with Crippen molar-refractivity contribution in [2.24, 2.45) is 18.7 Å². The summed E-state index contributed by atoms with van der Waals surface area (Å²) >= 11 is 0. The molecule has 1 aromatic heterocycles. The van der Waals surface area contributed by atoms with Crippen LogP contribution in [0, 0.1) is 19.8 Å². The molecule has 2 heterocycles. The zero-order chi connectivity index (χ0) is 14.7. The fourth-order valence-corrected chi connectivity index (χ4v) is 2.72. The molecule has 1 saturated heterocycles. The number of anilines is 1. The molecule has 0 saturated carbocycles. The standard InChI is InChI=1S/C14H25N5O/c1-10-14(11(2)18(3)17-10)16-13(20)9-19-6-4-12(8-15)5-7-19/h12H,4-9,15H2,1-3H3,(H,16,20). The number of nitrogens with one attached hydrogen (secondary N) is 1. The van der Waals surface area contributed by atoms with Gasteiger partial charge in [0.15, 0.2) is 0 Å². The molecule has 0 atom stereocenters. The van der Waals surface area contributed by atoms with Crippen molar-refractivity contribution in [3.8, 4) is 0 Å². The van der Waals surface area contributed by atoms with Crippen LogP contribution in [0.4, 0.5) is 5.69 Å². The zero-order valence-corrected chi connectivity index (χ0v) is 12.6. The molecule has 0 radical (unpaired) electrons. The van der Waals surface area contributed by atoms with Gasteiger partial charge in [0.1, 0.15) is 0 Å². The van der Waals surface area contributed by atoms with Crippen LogP contribution in [0.15, 0.2) is 0 Å². The number of hydrogen-bond acceptors (Lipinski definition) is 4. The average Bonchev–Trinajstić information content (AvgIpc) is 2.66. The summed E-state index contributed by atoms with van der Waals surface area (Å²) in [5.74, 6) is 0.660. The van der Waals surface area contributed by atoms with Crippen molar-refractivity contribution in [3.63, 3.8) is 0 Å². The number of rotatable bonds is 4. The van der Waals surface area contributed by atoms with Crippen LogP contribution in [0.5, 0.6) is 0 Å². The van der Waals surface area contributed by atoms with Gasteiger partial charge < -0.3 is 11.1 Å². The van der Waals surface area contributed by atoms with E-state index in [0.29, 0.717) is 12.5 Å². The second kappa shape index (κ2) is 6.37. The fourth-order valence-electron chi connectivity index (χ4n) is 2.72. The normalized spacial score (nSPS) is 17.4. The van der Waals surface area contributed by atoms with E-state index in [-0.39, 0.29) is 5.91 Å². The molecule has 3 N–H and O–H groups in total. The molecule has 1 aliphatic rings. The van der Waals surface area contributed by atoms with Crippen molar-refractivity contribution in [1.82, 2.24) is 14.7 Å². The number of aromatic nitrogens is 2. The molecule has 20 heavy (non-hydrogen) atoms. The minimum atomic E-state index is 0.0374. The van der Waals surface area contributed by atoms with Crippen LogP contribution >= 0.6 is 0 Å². The van der Waals surface area contributed by atoms with Crippen LogP contribution in [0.2, 0.25) is 0 Å². The van der Waals surface area contributed by atoms with Crippen LogP contribution < -0.4 is 11.1 Å². The maximum Gasteiger partial charge on any atom is 0.238 e. The molecule has 6 heteroatoms. The Morgan fingerprint density at radius 1 is 1.40 bits per heavy atom. The molecule has 0 bridgehead atoms. The first kappa shape index (κ1) is 15.0. The lowest BCUT2D eigenvalue weighted by Crippen LogP contribution is -2.40. The van der Waals surface area contributed by atoms with Crippen molar-refractivity contribution < 1.29 is 4.79 Å². The lowest BCUT2D eigenvalue weighted by atomic mass is 9.97. The van der Waals surface area contributed by atoms with Gasteiger partial charge in [0.2, 0.25) is 5.91 Å². The number of carbonyl (C=O) groups excluding carboxylic acids is 1. The van der Waals surface area contributed by atoms with Crippen LogP contribution in [0.1, 0.15) is 24.2 Å². The summed E-state index contributed by atoms with van der Waals surface area (Å²) in [4.78, 5) is 14.3. The van der Waals surface area contributed by atoms with Crippen LogP contribution in [0.25, 0.3) is 0 Å². The third-order valence-electron chi connectivity index (χ3n) is 4.18. The van der Waals surface area contributed by atoms with Gasteiger partial charge in [0.25, 0.3) is 0 Å². The summed E-state index contributed by atoms with van der Waals surface area (Å²) in [6.45, 7) is 7.00. The Bertz CT molecular complexity index is 474. The maximum atomic E-state index is 12.1. The van der Waals surface area contributed by atoms with Crippen molar-refractivity contribution in [3.05, 3.63) is 11.4 Å². The Hall–Kier alpha value is -1.40.